The SMILES string of the molecule is CCOc1cc(/C=N\NC(C)=O)cc(I)c1OCc1ccccc1F. The highest BCUT2D eigenvalue weighted by Crippen LogP contribution is 2.34. The minimum atomic E-state index is -0.311. The fourth-order valence-corrected chi connectivity index (χ4v) is 2.81. The van der Waals surface area contributed by atoms with Crippen LogP contribution in [0, 0.1) is 9.39 Å². The van der Waals surface area contributed by atoms with Crippen LogP contribution in [0.15, 0.2) is 41.5 Å². The van der Waals surface area contributed by atoms with Crippen LogP contribution in [0.25, 0.3) is 0 Å². The summed E-state index contributed by atoms with van der Waals surface area (Å²) in [5.41, 5.74) is 3.57. The quantitative estimate of drug-likeness (QED) is 0.391. The Kier molecular flexibility index (Phi) is 7.17. The van der Waals surface area contributed by atoms with Gasteiger partial charge in [0.05, 0.1) is 16.4 Å². The zero-order chi connectivity index (χ0) is 18.2. The van der Waals surface area contributed by atoms with Gasteiger partial charge in [-0.1, -0.05) is 18.2 Å². The number of rotatable bonds is 7. The van der Waals surface area contributed by atoms with Gasteiger partial charge in [-0.15, -0.1) is 0 Å². The third-order valence-electron chi connectivity index (χ3n) is 3.10. The second-order valence-electron chi connectivity index (χ2n) is 5.07. The van der Waals surface area contributed by atoms with Gasteiger partial charge in [0, 0.05) is 12.5 Å². The van der Waals surface area contributed by atoms with Gasteiger partial charge in [-0.3, -0.25) is 4.79 Å². The van der Waals surface area contributed by atoms with Gasteiger partial charge in [0.1, 0.15) is 12.4 Å². The van der Waals surface area contributed by atoms with E-state index in [1.165, 1.54) is 19.2 Å². The van der Waals surface area contributed by atoms with E-state index in [0.29, 0.717) is 23.7 Å². The molecule has 0 fully saturated rings. The monoisotopic (exact) mass is 456 g/mol. The van der Waals surface area contributed by atoms with Crippen molar-refractivity contribution < 1.29 is 18.7 Å². The maximum Gasteiger partial charge on any atom is 0.236 e. The van der Waals surface area contributed by atoms with E-state index < -0.39 is 0 Å². The fraction of sp³-hybridized carbons (Fsp3) is 0.222. The minimum absolute atomic E-state index is 0.0993. The second-order valence-corrected chi connectivity index (χ2v) is 6.23. The maximum atomic E-state index is 13.7. The van der Waals surface area contributed by atoms with Gasteiger partial charge in [-0.2, -0.15) is 5.10 Å². The lowest BCUT2D eigenvalue weighted by molar-refractivity contribution is -0.118. The number of carbonyl (C=O) groups excluding carboxylic acids is 1. The Morgan fingerprint density at radius 1 is 1.32 bits per heavy atom. The molecule has 1 N–H and O–H groups in total. The first-order valence-corrected chi connectivity index (χ1v) is 8.71. The molecule has 0 heterocycles. The molecule has 0 aromatic heterocycles. The molecule has 0 spiro atoms. The van der Waals surface area contributed by atoms with E-state index in [1.807, 2.05) is 13.0 Å². The molecule has 5 nitrogen and oxygen atoms in total. The zero-order valence-corrected chi connectivity index (χ0v) is 16.0. The zero-order valence-electron chi connectivity index (χ0n) is 13.9. The number of carbonyl (C=O) groups is 1. The average Bonchev–Trinajstić information content (AvgIpc) is 2.55. The predicted molar refractivity (Wildman–Crippen MR) is 102 cm³/mol. The lowest BCUT2D eigenvalue weighted by atomic mass is 10.2. The van der Waals surface area contributed by atoms with Gasteiger partial charge >= 0.3 is 0 Å². The van der Waals surface area contributed by atoms with Crippen LogP contribution in [0.5, 0.6) is 11.5 Å². The summed E-state index contributed by atoms with van der Waals surface area (Å²) in [6, 6.07) is 10.1. The van der Waals surface area contributed by atoms with E-state index in [0.717, 1.165) is 9.13 Å². The summed E-state index contributed by atoms with van der Waals surface area (Å²) in [5.74, 6) is 0.521. The van der Waals surface area contributed by atoms with Crippen molar-refractivity contribution in [2.75, 3.05) is 6.61 Å². The van der Waals surface area contributed by atoms with Crippen molar-refractivity contribution in [1.29, 1.82) is 0 Å². The number of nitrogens with one attached hydrogen (secondary N) is 1. The largest absolute Gasteiger partial charge is 0.490 e. The van der Waals surface area contributed by atoms with E-state index in [9.17, 15) is 9.18 Å². The normalized spacial score (nSPS) is 10.7. The van der Waals surface area contributed by atoms with Gasteiger partial charge in [-0.05, 0) is 53.3 Å². The van der Waals surface area contributed by atoms with Crippen LogP contribution in [-0.2, 0) is 11.4 Å². The molecule has 1 amide bonds. The molecule has 0 aliphatic carbocycles. The van der Waals surface area contributed by atoms with E-state index >= 15 is 0 Å². The third kappa shape index (κ3) is 5.70. The molecule has 0 aliphatic rings. The first-order valence-electron chi connectivity index (χ1n) is 7.63. The Labute approximate surface area is 159 Å². The highest BCUT2D eigenvalue weighted by atomic mass is 127. The van der Waals surface area contributed by atoms with E-state index in [-0.39, 0.29) is 18.3 Å². The molecule has 25 heavy (non-hydrogen) atoms. The van der Waals surface area contributed by atoms with Gasteiger partial charge in [0.2, 0.25) is 5.91 Å². The standard InChI is InChI=1S/C18H18FIN2O3/c1-3-24-17-9-13(10-21-22-12(2)23)8-16(20)18(17)25-11-14-6-4-5-7-15(14)19/h4-10H,3,11H2,1-2H3,(H,22,23)/b21-10-. The molecule has 0 saturated carbocycles. The van der Waals surface area contributed by atoms with E-state index in [2.05, 4.69) is 33.1 Å². The molecule has 0 radical (unpaired) electrons. The Bertz CT molecular complexity index is 781. The summed E-state index contributed by atoms with van der Waals surface area (Å²) in [5, 5.41) is 3.84. The lowest BCUT2D eigenvalue weighted by Crippen LogP contribution is -2.12. The molecule has 0 unspecified atom stereocenters. The van der Waals surface area contributed by atoms with Crippen molar-refractivity contribution >= 4 is 34.7 Å². The highest BCUT2D eigenvalue weighted by Gasteiger charge is 2.13. The van der Waals surface area contributed by atoms with Crippen LogP contribution >= 0.6 is 22.6 Å². The topological polar surface area (TPSA) is 59.9 Å². The van der Waals surface area contributed by atoms with E-state index in [4.69, 9.17) is 9.47 Å². The van der Waals surface area contributed by atoms with Gasteiger partial charge in [-0.25, -0.2) is 9.82 Å². The van der Waals surface area contributed by atoms with Crippen LogP contribution in [-0.4, -0.2) is 18.7 Å². The van der Waals surface area contributed by atoms with Crippen molar-refractivity contribution in [2.24, 2.45) is 5.10 Å². The van der Waals surface area contributed by atoms with Gasteiger partial charge in [0.15, 0.2) is 11.5 Å². The number of hydrogen-bond donors (Lipinski definition) is 1. The van der Waals surface area contributed by atoms with Crippen molar-refractivity contribution in [3.8, 4) is 11.5 Å². The van der Waals surface area contributed by atoms with Gasteiger partial charge < -0.3 is 9.47 Å². The van der Waals surface area contributed by atoms with Crippen molar-refractivity contribution in [2.45, 2.75) is 20.5 Å². The molecular formula is C18H18FIN2O3. The predicted octanol–water partition coefficient (Wildman–Crippen LogP) is 3.88. The van der Waals surface area contributed by atoms with Crippen molar-refractivity contribution in [3.63, 3.8) is 0 Å². The van der Waals surface area contributed by atoms with Crippen LogP contribution < -0.4 is 14.9 Å². The molecule has 7 heteroatoms. The number of halogens is 2. The molecular weight excluding hydrogens is 438 g/mol. The van der Waals surface area contributed by atoms with Crippen LogP contribution in [0.4, 0.5) is 4.39 Å². The molecule has 2 rings (SSSR count). The van der Waals surface area contributed by atoms with Crippen molar-refractivity contribution in [1.82, 2.24) is 5.43 Å². The summed E-state index contributed by atoms with van der Waals surface area (Å²) in [6.45, 7) is 3.80. The minimum Gasteiger partial charge on any atom is -0.490 e. The number of benzene rings is 2. The number of hydrazone groups is 1. The van der Waals surface area contributed by atoms with E-state index in [1.54, 1.807) is 24.3 Å². The molecule has 132 valence electrons. The fourth-order valence-electron chi connectivity index (χ4n) is 2.03. The average molecular weight is 456 g/mol. The van der Waals surface area contributed by atoms with Crippen LogP contribution in [0.3, 0.4) is 0 Å². The first-order chi connectivity index (χ1) is 12.0. The molecule has 0 aliphatic heterocycles. The van der Waals surface area contributed by atoms with Crippen LogP contribution in [0.2, 0.25) is 0 Å². The first kappa shape index (κ1) is 19.2. The second kappa shape index (κ2) is 9.36. The molecule has 2 aromatic rings. The Morgan fingerprint density at radius 3 is 2.76 bits per heavy atom. The molecule has 0 bridgehead atoms. The Hall–Kier alpha value is -2.16. The number of hydrogen-bond acceptors (Lipinski definition) is 4. The maximum absolute atomic E-state index is 13.7. The summed E-state index contributed by atoms with van der Waals surface area (Å²) >= 11 is 2.12. The third-order valence-corrected chi connectivity index (χ3v) is 3.90. The Morgan fingerprint density at radius 2 is 2.08 bits per heavy atom. The Balaban J connectivity index is 2.23. The number of amides is 1. The number of ether oxygens (including phenoxy) is 2. The van der Waals surface area contributed by atoms with Crippen molar-refractivity contribution in [3.05, 3.63) is 56.9 Å². The van der Waals surface area contributed by atoms with Crippen LogP contribution in [0.1, 0.15) is 25.0 Å². The highest BCUT2D eigenvalue weighted by molar-refractivity contribution is 14.1. The summed E-state index contributed by atoms with van der Waals surface area (Å²) in [7, 11) is 0. The molecule has 2 aromatic carbocycles. The number of nitrogens with zero attached hydrogens (tertiary/aromatic N) is 1. The molecule has 0 saturated heterocycles. The summed E-state index contributed by atoms with van der Waals surface area (Å²) in [4.78, 5) is 10.9. The van der Waals surface area contributed by atoms with Gasteiger partial charge in [0.25, 0.3) is 0 Å². The lowest BCUT2D eigenvalue weighted by Gasteiger charge is -2.15. The smallest absolute Gasteiger partial charge is 0.236 e. The summed E-state index contributed by atoms with van der Waals surface area (Å²) in [6.07, 6.45) is 1.52. The molecule has 0 atom stereocenters. The summed E-state index contributed by atoms with van der Waals surface area (Å²) < 4.78 is 26.0.